The lowest BCUT2D eigenvalue weighted by Gasteiger charge is -2.08. The van der Waals surface area contributed by atoms with Crippen LogP contribution in [-0.2, 0) is 17.9 Å². The van der Waals surface area contributed by atoms with Crippen molar-refractivity contribution in [2.24, 2.45) is 0 Å². The van der Waals surface area contributed by atoms with Gasteiger partial charge in [-0.25, -0.2) is 4.79 Å². The number of anilines is 1. The second-order valence-electron chi connectivity index (χ2n) is 4.78. The lowest BCUT2D eigenvalue weighted by atomic mass is 10.2. The molecule has 0 bridgehead atoms. The van der Waals surface area contributed by atoms with Gasteiger partial charge < -0.3 is 19.8 Å². The number of hydrogen-bond acceptors (Lipinski definition) is 4. The number of carbonyl (C=O) groups excluding carboxylic acids is 1. The Morgan fingerprint density at radius 2 is 2.00 bits per heavy atom. The van der Waals surface area contributed by atoms with Crippen molar-refractivity contribution in [2.75, 3.05) is 12.8 Å². The molecule has 0 atom stereocenters. The third-order valence-electron chi connectivity index (χ3n) is 3.12. The van der Waals surface area contributed by atoms with Crippen LogP contribution in [0.15, 0.2) is 36.5 Å². The largest absolute Gasteiger partial charge is 0.497 e. The summed E-state index contributed by atoms with van der Waals surface area (Å²) in [6, 6.07) is 9.05. The first-order valence-corrected chi connectivity index (χ1v) is 6.89. The fraction of sp³-hybridized carbons (Fsp3) is 0.312. The standard InChI is InChI=1S/C16H20N2O3/c1-3-8-18-10-13(17)9-15(18)16(19)21-11-12-4-6-14(20-2)7-5-12/h4-7,9-10H,3,8,11,17H2,1-2H3. The van der Waals surface area contributed by atoms with Crippen molar-refractivity contribution in [1.29, 1.82) is 0 Å². The maximum absolute atomic E-state index is 12.1. The van der Waals surface area contributed by atoms with Crippen LogP contribution in [0.4, 0.5) is 5.69 Å². The third kappa shape index (κ3) is 3.78. The molecule has 0 spiro atoms. The Hall–Kier alpha value is -2.43. The average Bonchev–Trinajstić information content (AvgIpc) is 2.86. The normalized spacial score (nSPS) is 10.4. The molecule has 0 fully saturated rings. The first-order chi connectivity index (χ1) is 10.1. The summed E-state index contributed by atoms with van der Waals surface area (Å²) in [5, 5.41) is 0. The highest BCUT2D eigenvalue weighted by Crippen LogP contribution is 2.15. The topological polar surface area (TPSA) is 66.5 Å². The second-order valence-corrected chi connectivity index (χ2v) is 4.78. The molecule has 1 aromatic carbocycles. The van der Waals surface area contributed by atoms with Crippen LogP contribution >= 0.6 is 0 Å². The molecule has 0 amide bonds. The van der Waals surface area contributed by atoms with Gasteiger partial charge in [0.15, 0.2) is 0 Å². The minimum absolute atomic E-state index is 0.222. The predicted octanol–water partition coefficient (Wildman–Crippen LogP) is 2.85. The number of ether oxygens (including phenoxy) is 2. The second kappa shape index (κ2) is 6.83. The van der Waals surface area contributed by atoms with Crippen LogP contribution in [0, 0.1) is 0 Å². The van der Waals surface area contributed by atoms with Crippen molar-refractivity contribution in [2.45, 2.75) is 26.5 Å². The molecular weight excluding hydrogens is 268 g/mol. The van der Waals surface area contributed by atoms with Crippen molar-refractivity contribution in [3.05, 3.63) is 47.8 Å². The summed E-state index contributed by atoms with van der Waals surface area (Å²) in [7, 11) is 1.61. The van der Waals surface area contributed by atoms with E-state index >= 15 is 0 Å². The van der Waals surface area contributed by atoms with E-state index < -0.39 is 0 Å². The van der Waals surface area contributed by atoms with Gasteiger partial charge in [0, 0.05) is 12.7 Å². The van der Waals surface area contributed by atoms with E-state index in [9.17, 15) is 4.79 Å². The number of benzene rings is 1. The van der Waals surface area contributed by atoms with Crippen LogP contribution < -0.4 is 10.5 Å². The molecule has 5 nitrogen and oxygen atoms in total. The molecule has 5 heteroatoms. The zero-order valence-electron chi connectivity index (χ0n) is 12.3. The van der Waals surface area contributed by atoms with Gasteiger partial charge in [0.1, 0.15) is 18.1 Å². The lowest BCUT2D eigenvalue weighted by molar-refractivity contribution is 0.0460. The van der Waals surface area contributed by atoms with Crippen molar-refractivity contribution in [3.63, 3.8) is 0 Å². The zero-order valence-corrected chi connectivity index (χ0v) is 12.3. The van der Waals surface area contributed by atoms with Gasteiger partial charge in [-0.15, -0.1) is 0 Å². The summed E-state index contributed by atoms with van der Waals surface area (Å²) in [6.45, 7) is 3.01. The van der Waals surface area contributed by atoms with Gasteiger partial charge in [-0.3, -0.25) is 0 Å². The molecule has 0 aliphatic rings. The molecule has 0 aliphatic carbocycles. The summed E-state index contributed by atoms with van der Waals surface area (Å²) >= 11 is 0. The Labute approximate surface area is 124 Å². The van der Waals surface area contributed by atoms with E-state index in [4.69, 9.17) is 15.2 Å². The van der Waals surface area contributed by atoms with Gasteiger partial charge in [0.05, 0.1) is 12.8 Å². The van der Waals surface area contributed by atoms with Crippen LogP contribution in [-0.4, -0.2) is 17.6 Å². The van der Waals surface area contributed by atoms with E-state index in [-0.39, 0.29) is 12.6 Å². The first kappa shape index (κ1) is 15.0. The SMILES string of the molecule is CCCn1cc(N)cc1C(=O)OCc1ccc(OC)cc1. The molecule has 0 radical (unpaired) electrons. The van der Waals surface area contributed by atoms with E-state index in [0.717, 1.165) is 24.3 Å². The summed E-state index contributed by atoms with van der Waals surface area (Å²) in [5.74, 6) is 0.408. The van der Waals surface area contributed by atoms with Gasteiger partial charge in [-0.1, -0.05) is 19.1 Å². The van der Waals surface area contributed by atoms with Crippen molar-refractivity contribution < 1.29 is 14.3 Å². The van der Waals surface area contributed by atoms with Gasteiger partial charge in [0.2, 0.25) is 0 Å². The Kier molecular flexibility index (Phi) is 4.87. The Balaban J connectivity index is 2.00. The fourth-order valence-corrected chi connectivity index (χ4v) is 2.07. The fourth-order valence-electron chi connectivity index (χ4n) is 2.07. The molecule has 21 heavy (non-hydrogen) atoms. The number of carbonyl (C=O) groups is 1. The molecule has 0 saturated carbocycles. The quantitative estimate of drug-likeness (QED) is 0.830. The molecule has 0 saturated heterocycles. The number of methoxy groups -OCH3 is 1. The van der Waals surface area contributed by atoms with E-state index in [1.807, 2.05) is 35.8 Å². The number of esters is 1. The highest BCUT2D eigenvalue weighted by atomic mass is 16.5. The molecule has 2 N–H and O–H groups in total. The summed E-state index contributed by atoms with van der Waals surface area (Å²) < 4.78 is 12.2. The zero-order chi connectivity index (χ0) is 15.2. The van der Waals surface area contributed by atoms with E-state index in [1.54, 1.807) is 19.4 Å². The van der Waals surface area contributed by atoms with Gasteiger partial charge >= 0.3 is 5.97 Å². The minimum atomic E-state index is -0.365. The number of nitrogens with zero attached hydrogens (tertiary/aromatic N) is 1. The number of aryl methyl sites for hydroxylation is 1. The van der Waals surface area contributed by atoms with Crippen LogP contribution in [0.1, 0.15) is 29.4 Å². The summed E-state index contributed by atoms with van der Waals surface area (Å²) in [4.78, 5) is 12.1. The molecule has 1 heterocycles. The molecule has 112 valence electrons. The van der Waals surface area contributed by atoms with E-state index in [1.165, 1.54) is 0 Å². The Morgan fingerprint density at radius 3 is 2.62 bits per heavy atom. The summed E-state index contributed by atoms with van der Waals surface area (Å²) in [6.07, 6.45) is 2.68. The number of aromatic nitrogens is 1. The van der Waals surface area contributed by atoms with Gasteiger partial charge in [-0.2, -0.15) is 0 Å². The number of nitrogen functional groups attached to an aromatic ring is 1. The smallest absolute Gasteiger partial charge is 0.355 e. The maximum Gasteiger partial charge on any atom is 0.355 e. The third-order valence-corrected chi connectivity index (χ3v) is 3.12. The van der Waals surface area contributed by atoms with Crippen LogP contribution in [0.2, 0.25) is 0 Å². The molecule has 1 aromatic heterocycles. The molecule has 2 rings (SSSR count). The lowest BCUT2D eigenvalue weighted by Crippen LogP contribution is -2.11. The average molecular weight is 288 g/mol. The van der Waals surface area contributed by atoms with Crippen LogP contribution in [0.5, 0.6) is 5.75 Å². The first-order valence-electron chi connectivity index (χ1n) is 6.89. The van der Waals surface area contributed by atoms with Crippen molar-refractivity contribution >= 4 is 11.7 Å². The molecule has 2 aromatic rings. The minimum Gasteiger partial charge on any atom is -0.497 e. The van der Waals surface area contributed by atoms with Crippen LogP contribution in [0.25, 0.3) is 0 Å². The maximum atomic E-state index is 12.1. The van der Waals surface area contributed by atoms with Crippen molar-refractivity contribution in [3.8, 4) is 5.75 Å². The van der Waals surface area contributed by atoms with E-state index in [0.29, 0.717) is 11.4 Å². The predicted molar refractivity (Wildman–Crippen MR) is 81.2 cm³/mol. The van der Waals surface area contributed by atoms with Crippen LogP contribution in [0.3, 0.4) is 0 Å². The molecular formula is C16H20N2O3. The van der Waals surface area contributed by atoms with Gasteiger partial charge in [0.25, 0.3) is 0 Å². The Morgan fingerprint density at radius 1 is 1.29 bits per heavy atom. The monoisotopic (exact) mass is 288 g/mol. The van der Waals surface area contributed by atoms with E-state index in [2.05, 4.69) is 0 Å². The number of hydrogen-bond donors (Lipinski definition) is 1. The Bertz CT molecular complexity index is 602. The van der Waals surface area contributed by atoms with Gasteiger partial charge in [-0.05, 0) is 30.2 Å². The number of rotatable bonds is 6. The molecule has 0 unspecified atom stereocenters. The molecule has 0 aliphatic heterocycles. The summed E-state index contributed by atoms with van der Waals surface area (Å²) in [5.41, 5.74) is 7.71. The number of nitrogens with two attached hydrogens (primary N) is 1. The highest BCUT2D eigenvalue weighted by molar-refractivity contribution is 5.89. The van der Waals surface area contributed by atoms with Crippen molar-refractivity contribution in [1.82, 2.24) is 4.57 Å². The highest BCUT2D eigenvalue weighted by Gasteiger charge is 2.14.